The van der Waals surface area contributed by atoms with E-state index in [9.17, 15) is 9.90 Å². The van der Waals surface area contributed by atoms with Gasteiger partial charge in [-0.15, -0.1) is 10.2 Å². The lowest BCUT2D eigenvalue weighted by Crippen LogP contribution is -2.00. The zero-order valence-corrected chi connectivity index (χ0v) is 16.3. The third-order valence-electron chi connectivity index (χ3n) is 4.61. The minimum absolute atomic E-state index is 0.148. The molecular formula is C20H21N3O5. The number of nitrogens with one attached hydrogen (secondary N) is 1. The minimum atomic E-state index is -0.614. The quantitative estimate of drug-likeness (QED) is 0.634. The van der Waals surface area contributed by atoms with Gasteiger partial charge in [0.05, 0.1) is 32.4 Å². The third kappa shape index (κ3) is 3.24. The van der Waals surface area contributed by atoms with Gasteiger partial charge in [-0.1, -0.05) is 12.1 Å². The maximum atomic E-state index is 12.5. The molecular weight excluding hydrogens is 362 g/mol. The summed E-state index contributed by atoms with van der Waals surface area (Å²) in [5, 5.41) is 18.6. The van der Waals surface area contributed by atoms with Crippen molar-refractivity contribution in [3.63, 3.8) is 0 Å². The predicted molar refractivity (Wildman–Crippen MR) is 104 cm³/mol. The molecule has 0 fully saturated rings. The first-order valence-corrected chi connectivity index (χ1v) is 8.48. The molecule has 146 valence electrons. The van der Waals surface area contributed by atoms with Crippen molar-refractivity contribution < 1.29 is 24.1 Å². The van der Waals surface area contributed by atoms with Crippen LogP contribution in [-0.2, 0) is 0 Å². The summed E-state index contributed by atoms with van der Waals surface area (Å²) in [6.07, 6.45) is 0. The molecule has 1 heterocycles. The average Bonchev–Trinajstić information content (AvgIpc) is 3.03. The van der Waals surface area contributed by atoms with Gasteiger partial charge in [0.15, 0.2) is 17.2 Å². The fourth-order valence-electron chi connectivity index (χ4n) is 2.94. The smallest absolute Gasteiger partial charge is 0.295 e. The maximum absolute atomic E-state index is 12.5. The number of hydrogen-bond acceptors (Lipinski definition) is 6. The molecule has 3 aromatic rings. The van der Waals surface area contributed by atoms with Crippen molar-refractivity contribution in [2.24, 2.45) is 10.2 Å². The summed E-state index contributed by atoms with van der Waals surface area (Å²) in [7, 11) is 4.40. The van der Waals surface area contributed by atoms with Crippen molar-refractivity contribution in [1.29, 1.82) is 0 Å². The first kappa shape index (κ1) is 19.2. The Morgan fingerprint density at radius 3 is 2.25 bits per heavy atom. The first-order chi connectivity index (χ1) is 13.4. The van der Waals surface area contributed by atoms with Crippen molar-refractivity contribution in [2.75, 3.05) is 21.3 Å². The molecule has 8 nitrogen and oxygen atoms in total. The van der Waals surface area contributed by atoms with Crippen LogP contribution in [0.2, 0.25) is 0 Å². The second-order valence-electron chi connectivity index (χ2n) is 6.17. The molecule has 0 bridgehead atoms. The van der Waals surface area contributed by atoms with Gasteiger partial charge >= 0.3 is 0 Å². The molecule has 0 saturated carbocycles. The Labute approximate surface area is 161 Å². The zero-order chi connectivity index (χ0) is 20.4. The molecule has 0 spiro atoms. The summed E-state index contributed by atoms with van der Waals surface area (Å²) in [5.41, 5.74) is 3.24. The van der Waals surface area contributed by atoms with E-state index in [0.717, 1.165) is 16.6 Å². The number of ether oxygens (including phenoxy) is 3. The third-order valence-corrected chi connectivity index (χ3v) is 4.61. The van der Waals surface area contributed by atoms with Crippen LogP contribution in [0.1, 0.15) is 21.5 Å². The van der Waals surface area contributed by atoms with Gasteiger partial charge < -0.3 is 24.3 Å². The monoisotopic (exact) mass is 383 g/mol. The summed E-state index contributed by atoms with van der Waals surface area (Å²) in [6.45, 7) is 3.91. The number of carbonyl (C=O) groups is 1. The Bertz CT molecular complexity index is 1060. The number of fused-ring (bicyclic) bond motifs is 1. The average molecular weight is 383 g/mol. The number of aromatic hydroxyl groups is 1. The number of azo groups is 1. The van der Waals surface area contributed by atoms with Crippen molar-refractivity contribution >= 4 is 22.5 Å². The Kier molecular flexibility index (Phi) is 5.21. The molecule has 1 aromatic heterocycles. The summed E-state index contributed by atoms with van der Waals surface area (Å²) in [6, 6.07) is 6.73. The summed E-state index contributed by atoms with van der Waals surface area (Å²) in [5.74, 6) is 0.281. The van der Waals surface area contributed by atoms with E-state index in [1.54, 1.807) is 0 Å². The maximum Gasteiger partial charge on any atom is 0.295 e. The van der Waals surface area contributed by atoms with Gasteiger partial charge in [-0.05, 0) is 37.1 Å². The van der Waals surface area contributed by atoms with E-state index in [2.05, 4.69) is 15.2 Å². The Balaban J connectivity index is 2.00. The summed E-state index contributed by atoms with van der Waals surface area (Å²) in [4.78, 5) is 15.4. The number of methoxy groups -OCH3 is 3. The van der Waals surface area contributed by atoms with Crippen LogP contribution in [0.5, 0.6) is 23.1 Å². The molecule has 0 aliphatic carbocycles. The lowest BCUT2D eigenvalue weighted by Gasteiger charge is -2.12. The van der Waals surface area contributed by atoms with Crippen LogP contribution in [0.15, 0.2) is 34.5 Å². The highest BCUT2D eigenvalue weighted by Crippen LogP contribution is 2.39. The molecule has 2 N–H and O–H groups in total. The lowest BCUT2D eigenvalue weighted by molar-refractivity contribution is 0.0994. The second-order valence-corrected chi connectivity index (χ2v) is 6.17. The van der Waals surface area contributed by atoms with Crippen molar-refractivity contribution in [3.8, 4) is 23.1 Å². The van der Waals surface area contributed by atoms with E-state index in [1.807, 2.05) is 26.0 Å². The second kappa shape index (κ2) is 7.59. The van der Waals surface area contributed by atoms with Gasteiger partial charge in [0.2, 0.25) is 11.6 Å². The lowest BCUT2D eigenvalue weighted by atomic mass is 10.1. The van der Waals surface area contributed by atoms with Crippen LogP contribution in [0.25, 0.3) is 10.9 Å². The van der Waals surface area contributed by atoms with Gasteiger partial charge in [0.25, 0.3) is 5.91 Å². The van der Waals surface area contributed by atoms with Gasteiger partial charge in [0.1, 0.15) is 0 Å². The molecule has 0 atom stereocenters. The number of benzene rings is 2. The van der Waals surface area contributed by atoms with Gasteiger partial charge in [-0.2, -0.15) is 0 Å². The van der Waals surface area contributed by atoms with Crippen LogP contribution in [0, 0.1) is 13.8 Å². The minimum Gasteiger partial charge on any atom is -0.493 e. The number of carbonyl (C=O) groups excluding carboxylic acids is 1. The van der Waals surface area contributed by atoms with Crippen molar-refractivity contribution in [1.82, 2.24) is 4.98 Å². The molecule has 3 rings (SSSR count). The molecule has 0 saturated heterocycles. The Hall–Kier alpha value is -3.55. The number of nitrogens with zero attached hydrogens (tertiary/aromatic N) is 2. The van der Waals surface area contributed by atoms with Crippen molar-refractivity contribution in [2.45, 2.75) is 13.8 Å². The number of hydrogen-bond donors (Lipinski definition) is 2. The summed E-state index contributed by atoms with van der Waals surface area (Å²) < 4.78 is 15.7. The standard InChI is InChI=1S/C20H21N3O5/c1-10-6-7-13-16(11(10)2)21-20(25)17(13)22-23-19(24)12-8-14(26-3)18(28-5)15(9-12)27-4/h6-9,21,25H,1-5H3. The van der Waals surface area contributed by atoms with Gasteiger partial charge in [0, 0.05) is 5.39 Å². The topological polar surface area (TPSA) is 106 Å². The highest BCUT2D eigenvalue weighted by Gasteiger charge is 2.18. The zero-order valence-electron chi connectivity index (χ0n) is 16.3. The fourth-order valence-corrected chi connectivity index (χ4v) is 2.94. The van der Waals surface area contributed by atoms with Crippen LogP contribution < -0.4 is 14.2 Å². The normalized spacial score (nSPS) is 11.2. The highest BCUT2D eigenvalue weighted by molar-refractivity contribution is 5.98. The number of rotatable bonds is 5. The Morgan fingerprint density at radius 1 is 1.04 bits per heavy atom. The summed E-state index contributed by atoms with van der Waals surface area (Å²) >= 11 is 0. The molecule has 0 unspecified atom stereocenters. The Morgan fingerprint density at radius 2 is 1.68 bits per heavy atom. The van der Waals surface area contributed by atoms with E-state index < -0.39 is 5.91 Å². The molecule has 0 aliphatic heterocycles. The van der Waals surface area contributed by atoms with E-state index in [1.165, 1.54) is 33.5 Å². The largest absolute Gasteiger partial charge is 0.493 e. The highest BCUT2D eigenvalue weighted by atomic mass is 16.5. The number of aromatic amines is 1. The first-order valence-electron chi connectivity index (χ1n) is 8.48. The van der Waals surface area contributed by atoms with E-state index in [0.29, 0.717) is 22.6 Å². The van der Waals surface area contributed by atoms with Crippen LogP contribution in [-0.4, -0.2) is 37.3 Å². The predicted octanol–water partition coefficient (Wildman–Crippen LogP) is 4.44. The van der Waals surface area contributed by atoms with Crippen LogP contribution in [0.4, 0.5) is 5.69 Å². The van der Waals surface area contributed by atoms with Gasteiger partial charge in [-0.3, -0.25) is 4.79 Å². The number of aryl methyl sites for hydroxylation is 2. The molecule has 8 heteroatoms. The molecule has 0 radical (unpaired) electrons. The van der Waals surface area contributed by atoms with E-state index >= 15 is 0 Å². The van der Waals surface area contributed by atoms with Crippen LogP contribution >= 0.6 is 0 Å². The number of aromatic nitrogens is 1. The van der Waals surface area contributed by atoms with Gasteiger partial charge in [-0.25, -0.2) is 0 Å². The molecule has 0 aliphatic rings. The fraction of sp³-hybridized carbons (Fsp3) is 0.250. The number of H-pyrrole nitrogens is 1. The van der Waals surface area contributed by atoms with Crippen LogP contribution in [0.3, 0.4) is 0 Å². The number of amides is 1. The molecule has 28 heavy (non-hydrogen) atoms. The molecule has 1 amide bonds. The van der Waals surface area contributed by atoms with E-state index in [4.69, 9.17) is 14.2 Å². The van der Waals surface area contributed by atoms with E-state index in [-0.39, 0.29) is 17.1 Å². The molecule has 2 aromatic carbocycles. The van der Waals surface area contributed by atoms with Crippen molar-refractivity contribution in [3.05, 3.63) is 41.0 Å². The SMILES string of the molecule is COc1cc(C(=O)N=Nc2c(O)[nH]c3c(C)c(C)ccc23)cc(OC)c1OC.